The normalized spacial score (nSPS) is 17.7. The van der Waals surface area contributed by atoms with Crippen LogP contribution in [-0.2, 0) is 0 Å². The van der Waals surface area contributed by atoms with Crippen LogP contribution in [-0.4, -0.2) is 41.6 Å². The second-order valence-electron chi connectivity index (χ2n) is 10.8. The van der Waals surface area contributed by atoms with Gasteiger partial charge in [-0.1, -0.05) is 85.2 Å². The Hall–Kier alpha value is -2.96. The molecule has 3 aromatic carbocycles. The SMILES string of the molecule is C/C=S(\CC)NC(=O)c1cc(C2CC2)c(OCC2(C)CN(C(c3ccccc3)c3ccccc3)C2)cc1F. The highest BCUT2D eigenvalue weighted by Gasteiger charge is 2.43. The van der Waals surface area contributed by atoms with Crippen LogP contribution in [0.4, 0.5) is 4.39 Å². The fourth-order valence-electron chi connectivity index (χ4n) is 5.40. The Morgan fingerprint density at radius 3 is 2.24 bits per heavy atom. The molecule has 0 bridgehead atoms. The predicted octanol–water partition coefficient (Wildman–Crippen LogP) is 6.95. The highest BCUT2D eigenvalue weighted by molar-refractivity contribution is 8.13. The molecule has 1 atom stereocenters. The fourth-order valence-corrected chi connectivity index (χ4v) is 6.34. The molecule has 2 aliphatic rings. The second kappa shape index (κ2) is 11.4. The molecule has 0 radical (unpaired) electrons. The van der Waals surface area contributed by atoms with Gasteiger partial charge in [-0.15, -0.1) is 0 Å². The van der Waals surface area contributed by atoms with Crippen molar-refractivity contribution >= 4 is 21.9 Å². The van der Waals surface area contributed by atoms with Crippen LogP contribution in [0.15, 0.2) is 72.8 Å². The molecule has 5 rings (SSSR count). The maximum atomic E-state index is 15.1. The minimum Gasteiger partial charge on any atom is -0.493 e. The molecule has 6 heteroatoms. The van der Waals surface area contributed by atoms with E-state index in [4.69, 9.17) is 4.74 Å². The number of halogens is 1. The number of nitrogens with zero attached hydrogens (tertiary/aromatic N) is 1. The first-order valence-electron chi connectivity index (χ1n) is 13.5. The van der Waals surface area contributed by atoms with E-state index in [2.05, 4.69) is 77.2 Å². The summed E-state index contributed by atoms with van der Waals surface area (Å²) in [6.45, 7) is 8.44. The van der Waals surface area contributed by atoms with Crippen molar-refractivity contribution in [3.63, 3.8) is 0 Å². The molecular formula is C32H37FN2O2S. The smallest absolute Gasteiger partial charge is 0.263 e. The molecule has 0 spiro atoms. The average Bonchev–Trinajstić information content (AvgIpc) is 3.76. The largest absolute Gasteiger partial charge is 0.493 e. The number of likely N-dealkylation sites (tertiary alicyclic amines) is 1. The Morgan fingerprint density at radius 2 is 1.71 bits per heavy atom. The monoisotopic (exact) mass is 532 g/mol. The van der Waals surface area contributed by atoms with Crippen LogP contribution in [0.25, 0.3) is 0 Å². The highest BCUT2D eigenvalue weighted by Crippen LogP contribution is 2.46. The number of benzene rings is 3. The summed E-state index contributed by atoms with van der Waals surface area (Å²) in [4.78, 5) is 15.3. The number of rotatable bonds is 10. The first-order chi connectivity index (χ1) is 18.4. The van der Waals surface area contributed by atoms with E-state index in [0.29, 0.717) is 18.3 Å². The van der Waals surface area contributed by atoms with E-state index in [1.165, 1.54) is 17.2 Å². The third-order valence-electron chi connectivity index (χ3n) is 7.52. The molecule has 1 heterocycles. The quantitative estimate of drug-likeness (QED) is 0.287. The lowest BCUT2D eigenvalue weighted by atomic mass is 9.79. The van der Waals surface area contributed by atoms with Crippen molar-refractivity contribution in [2.45, 2.75) is 45.6 Å². The first kappa shape index (κ1) is 26.6. The van der Waals surface area contributed by atoms with Gasteiger partial charge >= 0.3 is 0 Å². The Labute approximate surface area is 228 Å². The summed E-state index contributed by atoms with van der Waals surface area (Å²) >= 11 is 0. The third kappa shape index (κ3) is 5.87. The molecule has 1 saturated heterocycles. The zero-order valence-electron chi connectivity index (χ0n) is 22.5. The van der Waals surface area contributed by atoms with Crippen molar-refractivity contribution in [1.82, 2.24) is 9.62 Å². The summed E-state index contributed by atoms with van der Waals surface area (Å²) in [6.07, 6.45) is 2.10. The van der Waals surface area contributed by atoms with E-state index >= 15 is 4.39 Å². The summed E-state index contributed by atoms with van der Waals surface area (Å²) < 4.78 is 24.4. The van der Waals surface area contributed by atoms with Crippen LogP contribution in [0.1, 0.15) is 72.6 Å². The van der Waals surface area contributed by atoms with Gasteiger partial charge in [-0.2, -0.15) is 0 Å². The van der Waals surface area contributed by atoms with Crippen LogP contribution in [0, 0.1) is 11.2 Å². The number of nitrogens with one attached hydrogen (secondary N) is 1. The topological polar surface area (TPSA) is 41.6 Å². The van der Waals surface area contributed by atoms with Crippen LogP contribution in [0.3, 0.4) is 0 Å². The molecule has 1 aliphatic heterocycles. The van der Waals surface area contributed by atoms with E-state index in [9.17, 15) is 4.79 Å². The van der Waals surface area contributed by atoms with E-state index in [1.807, 2.05) is 19.2 Å². The molecular weight excluding hydrogens is 495 g/mol. The molecule has 1 unspecified atom stereocenters. The maximum Gasteiger partial charge on any atom is 0.263 e. The third-order valence-corrected chi connectivity index (χ3v) is 9.16. The molecule has 1 aliphatic carbocycles. The van der Waals surface area contributed by atoms with Gasteiger partial charge in [-0.3, -0.25) is 9.69 Å². The van der Waals surface area contributed by atoms with Gasteiger partial charge in [0.2, 0.25) is 0 Å². The fraction of sp³-hybridized carbons (Fsp3) is 0.375. The van der Waals surface area contributed by atoms with Crippen molar-refractivity contribution < 1.29 is 13.9 Å². The summed E-state index contributed by atoms with van der Waals surface area (Å²) in [5.41, 5.74) is 3.59. The number of carbonyl (C=O) groups excluding carboxylic acids is 1. The number of hydrogen-bond acceptors (Lipinski definition) is 3. The lowest BCUT2D eigenvalue weighted by Crippen LogP contribution is -2.58. The Bertz CT molecular complexity index is 1260. The van der Waals surface area contributed by atoms with E-state index < -0.39 is 5.82 Å². The number of carbonyl (C=O) groups is 1. The summed E-state index contributed by atoms with van der Waals surface area (Å²) in [5.74, 6) is 0.844. The minimum absolute atomic E-state index is 0.0401. The van der Waals surface area contributed by atoms with Gasteiger partial charge in [0.05, 0.1) is 18.2 Å². The maximum absolute atomic E-state index is 15.1. The van der Waals surface area contributed by atoms with Gasteiger partial charge in [0.1, 0.15) is 11.6 Å². The van der Waals surface area contributed by atoms with Crippen LogP contribution in [0.2, 0.25) is 0 Å². The van der Waals surface area contributed by atoms with Gasteiger partial charge < -0.3 is 9.46 Å². The van der Waals surface area contributed by atoms with Crippen molar-refractivity contribution in [2.75, 3.05) is 25.4 Å². The van der Waals surface area contributed by atoms with Crippen molar-refractivity contribution in [3.8, 4) is 5.75 Å². The molecule has 1 amide bonds. The van der Waals surface area contributed by atoms with Gasteiger partial charge in [-0.05, 0) is 53.8 Å². The predicted molar refractivity (Wildman–Crippen MR) is 156 cm³/mol. The number of amides is 1. The van der Waals surface area contributed by atoms with Crippen LogP contribution < -0.4 is 9.46 Å². The van der Waals surface area contributed by atoms with Gasteiger partial charge in [0.25, 0.3) is 5.91 Å². The number of ether oxygens (including phenoxy) is 1. The molecule has 4 nitrogen and oxygen atoms in total. The first-order valence-corrected chi connectivity index (χ1v) is 15.0. The van der Waals surface area contributed by atoms with Crippen molar-refractivity contribution in [3.05, 3.63) is 101 Å². The molecule has 0 aromatic heterocycles. The summed E-state index contributed by atoms with van der Waals surface area (Å²) in [6, 6.07) is 24.6. The molecule has 3 aromatic rings. The van der Waals surface area contributed by atoms with Crippen LogP contribution in [0.5, 0.6) is 5.75 Å². The molecule has 38 heavy (non-hydrogen) atoms. The highest BCUT2D eigenvalue weighted by atomic mass is 32.2. The Balaban J connectivity index is 1.29. The van der Waals surface area contributed by atoms with Crippen molar-refractivity contribution in [2.24, 2.45) is 5.41 Å². The number of hydrogen-bond donors (Lipinski definition) is 1. The Kier molecular flexibility index (Phi) is 8.01. The Morgan fingerprint density at radius 1 is 1.11 bits per heavy atom. The zero-order valence-corrected chi connectivity index (χ0v) is 23.3. The average molecular weight is 533 g/mol. The van der Waals surface area contributed by atoms with Gasteiger partial charge in [0.15, 0.2) is 0 Å². The van der Waals surface area contributed by atoms with Gasteiger partial charge in [0, 0.05) is 30.3 Å². The van der Waals surface area contributed by atoms with Crippen LogP contribution >= 0.6 is 10.7 Å². The molecule has 1 saturated carbocycles. The van der Waals surface area contributed by atoms with E-state index in [1.54, 1.807) is 6.07 Å². The molecule has 1 N–H and O–H groups in total. The van der Waals surface area contributed by atoms with Crippen molar-refractivity contribution in [1.29, 1.82) is 0 Å². The molecule has 200 valence electrons. The van der Waals surface area contributed by atoms with E-state index in [0.717, 1.165) is 37.2 Å². The standard InChI is InChI=1S/C32H37FN2O2S/c1-4-38(5-2)34-31(36)27-18-26(23-16-17-23)29(19-28(27)33)37-22-32(3)20-35(21-32)30(24-12-8-6-9-13-24)25-14-10-7-11-15-25/h4,6-15,18-19,23,30H,5,16-17,20-22H2,1-3H3,(H,34,36). The second-order valence-corrected chi connectivity index (χ2v) is 12.9. The van der Waals surface area contributed by atoms with Gasteiger partial charge in [-0.25, -0.2) is 4.39 Å². The molecule has 2 fully saturated rings. The summed E-state index contributed by atoms with van der Waals surface area (Å²) in [5, 5.41) is 1.96. The zero-order chi connectivity index (χ0) is 26.7. The minimum atomic E-state index is -0.522. The lowest BCUT2D eigenvalue weighted by molar-refractivity contribution is -0.0379. The lowest BCUT2D eigenvalue weighted by Gasteiger charge is -2.51. The van der Waals surface area contributed by atoms with E-state index in [-0.39, 0.29) is 33.6 Å². The summed E-state index contributed by atoms with van der Waals surface area (Å²) in [7, 11) is -0.356.